The molecule has 0 radical (unpaired) electrons. The average Bonchev–Trinajstić information content (AvgIpc) is 2.07. The number of pyridine rings is 1. The minimum Gasteiger partial charge on any atom is -0.263 e. The molecule has 1 heterocycles. The van der Waals surface area contributed by atoms with E-state index in [1.54, 1.807) is 12.4 Å². The number of hydrogen-bond donors (Lipinski definition) is 0. The third-order valence-corrected chi connectivity index (χ3v) is 3.01. The second-order valence-electron chi connectivity index (χ2n) is 3.40. The van der Waals surface area contributed by atoms with E-state index >= 15 is 0 Å². The van der Waals surface area contributed by atoms with E-state index in [1.807, 2.05) is 6.07 Å². The van der Waals surface area contributed by atoms with Gasteiger partial charge in [-0.2, -0.15) is 5.26 Å². The van der Waals surface area contributed by atoms with E-state index in [1.165, 1.54) is 0 Å². The second-order valence-corrected chi connectivity index (χ2v) is 3.81. The first kappa shape index (κ1) is 8.52. The molecule has 1 aliphatic carbocycles. The third-order valence-electron chi connectivity index (χ3n) is 2.71. The topological polar surface area (TPSA) is 36.7 Å². The summed E-state index contributed by atoms with van der Waals surface area (Å²) in [6.07, 6.45) is 6.26. The van der Waals surface area contributed by atoms with Crippen molar-refractivity contribution in [3.05, 3.63) is 29.0 Å². The molecule has 0 aliphatic heterocycles. The Bertz CT molecular complexity index is 363. The standard InChI is InChI=1S/C10H9ClN2/c11-9-6-13-5-2-8(9)10(7-12)3-1-4-10/h2,5-6H,1,3-4H2. The summed E-state index contributed by atoms with van der Waals surface area (Å²) in [5, 5.41) is 9.70. The monoisotopic (exact) mass is 192 g/mol. The molecule has 66 valence electrons. The lowest BCUT2D eigenvalue weighted by Crippen LogP contribution is -2.32. The van der Waals surface area contributed by atoms with Gasteiger partial charge in [-0.3, -0.25) is 4.98 Å². The van der Waals surface area contributed by atoms with Crippen molar-refractivity contribution >= 4 is 11.6 Å². The zero-order valence-electron chi connectivity index (χ0n) is 7.13. The van der Waals surface area contributed by atoms with Crippen LogP contribution in [-0.4, -0.2) is 4.98 Å². The van der Waals surface area contributed by atoms with E-state index in [0.717, 1.165) is 24.8 Å². The average molecular weight is 193 g/mol. The van der Waals surface area contributed by atoms with Crippen LogP contribution in [0.25, 0.3) is 0 Å². The van der Waals surface area contributed by atoms with Gasteiger partial charge in [-0.25, -0.2) is 0 Å². The van der Waals surface area contributed by atoms with Crippen LogP contribution in [0.4, 0.5) is 0 Å². The lowest BCUT2D eigenvalue weighted by atomic mass is 9.66. The van der Waals surface area contributed by atoms with Crippen LogP contribution >= 0.6 is 11.6 Å². The fourth-order valence-electron chi connectivity index (χ4n) is 1.73. The fourth-order valence-corrected chi connectivity index (χ4v) is 2.04. The lowest BCUT2D eigenvalue weighted by molar-refractivity contribution is 0.324. The summed E-state index contributed by atoms with van der Waals surface area (Å²) in [7, 11) is 0. The molecule has 3 heteroatoms. The van der Waals surface area contributed by atoms with Gasteiger partial charge in [0.05, 0.1) is 16.5 Å². The van der Waals surface area contributed by atoms with Crippen LogP contribution in [-0.2, 0) is 5.41 Å². The molecular formula is C10H9ClN2. The van der Waals surface area contributed by atoms with Crippen LogP contribution in [0.2, 0.25) is 5.02 Å². The third kappa shape index (κ3) is 1.20. The molecule has 1 saturated carbocycles. The van der Waals surface area contributed by atoms with Crippen LogP contribution in [0.1, 0.15) is 24.8 Å². The van der Waals surface area contributed by atoms with E-state index in [2.05, 4.69) is 11.1 Å². The number of aromatic nitrogens is 1. The maximum absolute atomic E-state index is 9.09. The smallest absolute Gasteiger partial charge is 0.0837 e. The van der Waals surface area contributed by atoms with Gasteiger partial charge in [0.2, 0.25) is 0 Å². The van der Waals surface area contributed by atoms with Crippen molar-refractivity contribution in [3.8, 4) is 6.07 Å². The van der Waals surface area contributed by atoms with Crippen molar-refractivity contribution in [3.63, 3.8) is 0 Å². The van der Waals surface area contributed by atoms with Crippen LogP contribution in [0, 0.1) is 11.3 Å². The predicted octanol–water partition coefficient (Wildman–Crippen LogP) is 2.68. The zero-order valence-corrected chi connectivity index (χ0v) is 7.88. The molecule has 2 rings (SSSR count). The summed E-state index contributed by atoms with van der Waals surface area (Å²) in [4.78, 5) is 3.91. The van der Waals surface area contributed by atoms with Gasteiger partial charge in [-0.05, 0) is 30.9 Å². The van der Waals surface area contributed by atoms with E-state index in [0.29, 0.717) is 5.02 Å². The number of nitriles is 1. The molecule has 0 unspecified atom stereocenters. The molecule has 1 aromatic heterocycles. The molecule has 1 aromatic rings. The molecule has 0 saturated heterocycles. The molecule has 0 N–H and O–H groups in total. The number of hydrogen-bond acceptors (Lipinski definition) is 2. The number of halogens is 1. The first-order chi connectivity index (χ1) is 6.28. The summed E-state index contributed by atoms with van der Waals surface area (Å²) in [6, 6.07) is 4.21. The Morgan fingerprint density at radius 2 is 2.31 bits per heavy atom. The molecule has 0 atom stereocenters. The van der Waals surface area contributed by atoms with E-state index in [9.17, 15) is 0 Å². The summed E-state index contributed by atoms with van der Waals surface area (Å²) in [5.41, 5.74) is 0.623. The molecule has 0 aromatic carbocycles. The highest BCUT2D eigenvalue weighted by molar-refractivity contribution is 6.31. The summed E-state index contributed by atoms with van der Waals surface area (Å²) < 4.78 is 0. The van der Waals surface area contributed by atoms with E-state index in [4.69, 9.17) is 16.9 Å². The van der Waals surface area contributed by atoms with Crippen molar-refractivity contribution < 1.29 is 0 Å². The normalized spacial score (nSPS) is 18.8. The Kier molecular flexibility index (Phi) is 1.97. The first-order valence-corrected chi connectivity index (χ1v) is 4.67. The highest BCUT2D eigenvalue weighted by Gasteiger charge is 2.40. The highest BCUT2D eigenvalue weighted by Crippen LogP contribution is 2.45. The first-order valence-electron chi connectivity index (χ1n) is 4.30. The molecule has 0 spiro atoms. The van der Waals surface area contributed by atoms with Crippen molar-refractivity contribution in [1.82, 2.24) is 4.98 Å². The maximum Gasteiger partial charge on any atom is 0.0837 e. The van der Waals surface area contributed by atoms with Crippen molar-refractivity contribution in [2.24, 2.45) is 0 Å². The van der Waals surface area contributed by atoms with Gasteiger partial charge in [0.15, 0.2) is 0 Å². The van der Waals surface area contributed by atoms with Gasteiger partial charge in [-0.1, -0.05) is 11.6 Å². The highest BCUT2D eigenvalue weighted by atomic mass is 35.5. The molecule has 0 amide bonds. The lowest BCUT2D eigenvalue weighted by Gasteiger charge is -2.35. The summed E-state index contributed by atoms with van der Waals surface area (Å²) in [6.45, 7) is 0. The van der Waals surface area contributed by atoms with Crippen molar-refractivity contribution in [1.29, 1.82) is 5.26 Å². The van der Waals surface area contributed by atoms with Crippen molar-refractivity contribution in [2.75, 3.05) is 0 Å². The van der Waals surface area contributed by atoms with E-state index in [-0.39, 0.29) is 5.41 Å². The van der Waals surface area contributed by atoms with Gasteiger partial charge in [0, 0.05) is 12.4 Å². The van der Waals surface area contributed by atoms with Gasteiger partial charge < -0.3 is 0 Å². The Balaban J connectivity index is 2.46. The molecule has 2 nitrogen and oxygen atoms in total. The van der Waals surface area contributed by atoms with Crippen LogP contribution in [0.3, 0.4) is 0 Å². The minimum absolute atomic E-state index is 0.319. The van der Waals surface area contributed by atoms with E-state index < -0.39 is 0 Å². The number of nitrogens with zero attached hydrogens (tertiary/aromatic N) is 2. The number of rotatable bonds is 1. The van der Waals surface area contributed by atoms with Gasteiger partial charge in [-0.15, -0.1) is 0 Å². The molecule has 0 bridgehead atoms. The SMILES string of the molecule is N#CC1(c2ccncc2Cl)CCC1. The van der Waals surface area contributed by atoms with Crippen LogP contribution in [0.5, 0.6) is 0 Å². The summed E-state index contributed by atoms with van der Waals surface area (Å²) in [5.74, 6) is 0. The molecular weight excluding hydrogens is 184 g/mol. The van der Waals surface area contributed by atoms with Crippen LogP contribution in [0.15, 0.2) is 18.5 Å². The Morgan fingerprint density at radius 3 is 2.77 bits per heavy atom. The summed E-state index contributed by atoms with van der Waals surface area (Å²) >= 11 is 5.99. The van der Waals surface area contributed by atoms with Crippen LogP contribution < -0.4 is 0 Å². The second kappa shape index (κ2) is 3.01. The van der Waals surface area contributed by atoms with Gasteiger partial charge in [0.25, 0.3) is 0 Å². The van der Waals surface area contributed by atoms with Gasteiger partial charge >= 0.3 is 0 Å². The molecule has 1 fully saturated rings. The van der Waals surface area contributed by atoms with Crippen molar-refractivity contribution in [2.45, 2.75) is 24.7 Å². The Morgan fingerprint density at radius 1 is 1.54 bits per heavy atom. The predicted molar refractivity (Wildman–Crippen MR) is 50.4 cm³/mol. The Hall–Kier alpha value is -1.07. The zero-order chi connectivity index (χ0) is 9.31. The fraction of sp³-hybridized carbons (Fsp3) is 0.400. The Labute approximate surface area is 82.2 Å². The molecule has 1 aliphatic rings. The largest absolute Gasteiger partial charge is 0.263 e. The maximum atomic E-state index is 9.09. The molecule has 13 heavy (non-hydrogen) atoms. The minimum atomic E-state index is -0.319. The quantitative estimate of drug-likeness (QED) is 0.686. The van der Waals surface area contributed by atoms with Gasteiger partial charge in [0.1, 0.15) is 0 Å².